The number of rotatable bonds is 4. The lowest BCUT2D eigenvalue weighted by Crippen LogP contribution is -2.44. The number of carboxylic acid groups (broad SMARTS) is 1. The van der Waals surface area contributed by atoms with Crippen LogP contribution in [0.2, 0.25) is 0 Å². The highest BCUT2D eigenvalue weighted by atomic mass is 32.2. The zero-order valence-electron chi connectivity index (χ0n) is 12.5. The zero-order chi connectivity index (χ0) is 17.6. The van der Waals surface area contributed by atoms with Gasteiger partial charge in [0.25, 0.3) is 0 Å². The molecule has 8 nitrogen and oxygen atoms in total. The Bertz CT molecular complexity index is 845. The van der Waals surface area contributed by atoms with Gasteiger partial charge in [-0.1, -0.05) is 6.07 Å². The van der Waals surface area contributed by atoms with Gasteiger partial charge in [-0.3, -0.25) is 0 Å². The number of aromatic carboxylic acids is 1. The first-order chi connectivity index (χ1) is 10.5. The van der Waals surface area contributed by atoms with E-state index in [9.17, 15) is 26.7 Å². The van der Waals surface area contributed by atoms with Crippen molar-refractivity contribution in [2.45, 2.75) is 24.0 Å². The molecule has 0 aromatic heterocycles. The molecule has 1 aliphatic rings. The Kier molecular flexibility index (Phi) is 4.55. The van der Waals surface area contributed by atoms with Gasteiger partial charge >= 0.3 is 5.97 Å². The highest BCUT2D eigenvalue weighted by Crippen LogP contribution is 2.26. The topological polar surface area (TPSA) is 129 Å². The van der Waals surface area contributed by atoms with Crippen molar-refractivity contribution in [3.05, 3.63) is 29.3 Å². The lowest BCUT2D eigenvalue weighted by Gasteiger charge is -2.26. The number of aryl methyl sites for hydroxylation is 1. The molecule has 0 radical (unpaired) electrons. The van der Waals surface area contributed by atoms with Crippen molar-refractivity contribution < 1.29 is 31.8 Å². The summed E-state index contributed by atoms with van der Waals surface area (Å²) in [4.78, 5) is 10.8. The summed E-state index contributed by atoms with van der Waals surface area (Å²) in [5.41, 5.74) is 0.138. The molecule has 23 heavy (non-hydrogen) atoms. The van der Waals surface area contributed by atoms with Gasteiger partial charge in [-0.05, 0) is 24.6 Å². The number of likely N-dealkylation sites (N-methyl/N-ethyl adjacent to an activating group) is 1. The zero-order valence-corrected chi connectivity index (χ0v) is 14.1. The molecule has 1 aliphatic heterocycles. The van der Waals surface area contributed by atoms with Crippen molar-refractivity contribution in [1.82, 2.24) is 4.31 Å². The molecule has 1 saturated heterocycles. The third-order valence-corrected chi connectivity index (χ3v) is 7.58. The second-order valence-electron chi connectivity index (χ2n) is 5.52. The van der Waals surface area contributed by atoms with Crippen LogP contribution in [0.4, 0.5) is 0 Å². The molecule has 0 amide bonds. The van der Waals surface area contributed by atoms with Crippen molar-refractivity contribution in [3.63, 3.8) is 0 Å². The normalized spacial score (nSPS) is 24.0. The maximum absolute atomic E-state index is 12.7. The molecule has 1 aromatic rings. The van der Waals surface area contributed by atoms with Crippen molar-refractivity contribution in [3.8, 4) is 0 Å². The van der Waals surface area contributed by atoms with Gasteiger partial charge in [0, 0.05) is 7.05 Å². The lowest BCUT2D eigenvalue weighted by molar-refractivity contribution is 0.0696. The molecule has 1 heterocycles. The van der Waals surface area contributed by atoms with Crippen molar-refractivity contribution >= 4 is 25.8 Å². The first kappa shape index (κ1) is 17.9. The van der Waals surface area contributed by atoms with E-state index in [1.165, 1.54) is 26.1 Å². The minimum atomic E-state index is -4.15. The molecule has 0 saturated carbocycles. The quantitative estimate of drug-likeness (QED) is 0.736. The molecule has 0 spiro atoms. The second kappa shape index (κ2) is 5.86. The van der Waals surface area contributed by atoms with E-state index in [0.29, 0.717) is 5.56 Å². The molecule has 2 atom stereocenters. The summed E-state index contributed by atoms with van der Waals surface area (Å²) in [6, 6.07) is 2.58. The van der Waals surface area contributed by atoms with E-state index in [1.54, 1.807) is 0 Å². The van der Waals surface area contributed by atoms with Gasteiger partial charge in [0.2, 0.25) is 10.0 Å². The first-order valence-corrected chi connectivity index (χ1v) is 9.92. The maximum Gasteiger partial charge on any atom is 0.335 e. The molecule has 128 valence electrons. The Labute approximate surface area is 134 Å². The van der Waals surface area contributed by atoms with Crippen LogP contribution in [0.5, 0.6) is 0 Å². The highest BCUT2D eigenvalue weighted by molar-refractivity contribution is 7.92. The van der Waals surface area contributed by atoms with E-state index < -0.39 is 49.5 Å². The minimum absolute atomic E-state index is 0.192. The van der Waals surface area contributed by atoms with Crippen LogP contribution in [-0.2, 0) is 19.9 Å². The molecule has 2 rings (SSSR count). The van der Waals surface area contributed by atoms with Crippen molar-refractivity contribution in [2.75, 3.05) is 18.6 Å². The fourth-order valence-corrected chi connectivity index (χ4v) is 6.07. The van der Waals surface area contributed by atoms with Crippen molar-refractivity contribution in [1.29, 1.82) is 0 Å². The summed E-state index contributed by atoms with van der Waals surface area (Å²) >= 11 is 0. The average molecular weight is 363 g/mol. The monoisotopic (exact) mass is 363 g/mol. The van der Waals surface area contributed by atoms with Gasteiger partial charge in [0.15, 0.2) is 9.84 Å². The van der Waals surface area contributed by atoms with Gasteiger partial charge in [-0.15, -0.1) is 0 Å². The molecule has 0 aliphatic carbocycles. The standard InChI is InChI=1S/C13H17NO7S2/c1-8-3-4-9(13(16)17)5-12(8)23(20,21)14(2)10-6-22(18,19)7-11(10)15/h3-5,10-11,15H,6-7H2,1-2H3,(H,16,17)/t10-,11+/m0/s1. The molecule has 1 aromatic carbocycles. The number of aliphatic hydroxyl groups is 1. The summed E-state index contributed by atoms with van der Waals surface area (Å²) in [6.45, 7) is 1.51. The Morgan fingerprint density at radius 2 is 1.91 bits per heavy atom. The Balaban J connectivity index is 2.46. The van der Waals surface area contributed by atoms with E-state index >= 15 is 0 Å². The average Bonchev–Trinajstić information content (AvgIpc) is 2.70. The van der Waals surface area contributed by atoms with Gasteiger partial charge in [0.1, 0.15) is 0 Å². The summed E-state index contributed by atoms with van der Waals surface area (Å²) in [5, 5.41) is 18.8. The number of carboxylic acids is 1. The Morgan fingerprint density at radius 1 is 1.30 bits per heavy atom. The maximum atomic E-state index is 12.7. The largest absolute Gasteiger partial charge is 0.478 e. The van der Waals surface area contributed by atoms with Gasteiger partial charge in [0.05, 0.1) is 34.1 Å². The third kappa shape index (κ3) is 3.39. The molecule has 10 heteroatoms. The van der Waals surface area contributed by atoms with E-state index in [4.69, 9.17) is 5.11 Å². The molecule has 0 unspecified atom stereocenters. The van der Waals surface area contributed by atoms with Crippen LogP contribution in [0.1, 0.15) is 15.9 Å². The van der Waals surface area contributed by atoms with Crippen molar-refractivity contribution in [2.24, 2.45) is 0 Å². The number of sulfonamides is 1. The van der Waals surface area contributed by atoms with Crippen LogP contribution in [0.3, 0.4) is 0 Å². The second-order valence-corrected chi connectivity index (χ2v) is 9.64. The summed E-state index contributed by atoms with van der Waals surface area (Å²) < 4.78 is 49.3. The van der Waals surface area contributed by atoms with E-state index in [1.807, 2.05) is 0 Å². The van der Waals surface area contributed by atoms with E-state index in [0.717, 1.165) is 10.4 Å². The summed E-state index contributed by atoms with van der Waals surface area (Å²) in [6.07, 6.45) is -1.32. The predicted octanol–water partition coefficient (Wildman–Crippen LogP) is -0.528. The molecule has 0 bridgehead atoms. The fraction of sp³-hybridized carbons (Fsp3) is 0.462. The fourth-order valence-electron chi connectivity index (χ4n) is 2.50. The molecular formula is C13H17NO7S2. The van der Waals surface area contributed by atoms with Gasteiger partial charge in [-0.25, -0.2) is 21.6 Å². The number of aliphatic hydroxyl groups excluding tert-OH is 1. The number of hydrogen-bond acceptors (Lipinski definition) is 6. The molecule has 1 fully saturated rings. The number of benzene rings is 1. The van der Waals surface area contributed by atoms with Crippen LogP contribution in [0.15, 0.2) is 23.1 Å². The van der Waals surface area contributed by atoms with Crippen LogP contribution >= 0.6 is 0 Å². The van der Waals surface area contributed by atoms with Crippen LogP contribution in [-0.4, -0.2) is 68.0 Å². The van der Waals surface area contributed by atoms with Gasteiger partial charge < -0.3 is 10.2 Å². The van der Waals surface area contributed by atoms with Gasteiger partial charge in [-0.2, -0.15) is 4.31 Å². The number of nitrogens with zero attached hydrogens (tertiary/aromatic N) is 1. The van der Waals surface area contributed by atoms with E-state index in [-0.39, 0.29) is 10.5 Å². The van der Waals surface area contributed by atoms with E-state index in [2.05, 4.69) is 0 Å². The number of hydrogen-bond donors (Lipinski definition) is 2. The van der Waals surface area contributed by atoms with Crippen LogP contribution < -0.4 is 0 Å². The SMILES string of the molecule is Cc1ccc(C(=O)O)cc1S(=O)(=O)N(C)[C@H]1CS(=O)(=O)C[C@H]1O. The Morgan fingerprint density at radius 3 is 2.39 bits per heavy atom. The summed E-state index contributed by atoms with van der Waals surface area (Å²) in [7, 11) is -6.48. The van der Waals surface area contributed by atoms with Crippen LogP contribution in [0.25, 0.3) is 0 Å². The van der Waals surface area contributed by atoms with Crippen LogP contribution in [0, 0.1) is 6.92 Å². The first-order valence-electron chi connectivity index (χ1n) is 6.66. The number of carbonyl (C=O) groups is 1. The number of sulfone groups is 1. The third-order valence-electron chi connectivity index (χ3n) is 3.85. The highest BCUT2D eigenvalue weighted by Gasteiger charge is 2.43. The summed E-state index contributed by atoms with van der Waals surface area (Å²) in [5.74, 6) is -2.24. The smallest absolute Gasteiger partial charge is 0.335 e. The predicted molar refractivity (Wildman–Crippen MR) is 81.5 cm³/mol. The minimum Gasteiger partial charge on any atom is -0.478 e. The lowest BCUT2D eigenvalue weighted by atomic mass is 10.1. The Hall–Kier alpha value is -1.49. The molecule has 2 N–H and O–H groups in total. The molecular weight excluding hydrogens is 346 g/mol.